The Kier molecular flexibility index (Phi) is 4.50. The topological polar surface area (TPSA) is 26.0 Å². The Hall–Kier alpha value is -0.0600. The molecule has 0 aliphatic rings. The predicted octanol–water partition coefficient (Wildman–Crippen LogP) is 5.06. The van der Waals surface area contributed by atoms with E-state index in [4.69, 9.17) is 28.9 Å². The average molecular weight is 351 g/mol. The first kappa shape index (κ1) is 13.4. The zero-order valence-electron chi connectivity index (χ0n) is 8.79. The fourth-order valence-electron chi connectivity index (χ4n) is 1.52. The molecule has 5 heteroatoms. The van der Waals surface area contributed by atoms with Gasteiger partial charge in [-0.15, -0.1) is 11.3 Å². The van der Waals surface area contributed by atoms with Gasteiger partial charge in [0.2, 0.25) is 0 Å². The number of halogens is 3. The minimum Gasteiger partial charge on any atom is -0.323 e. The van der Waals surface area contributed by atoms with Gasteiger partial charge < -0.3 is 5.73 Å². The molecule has 0 aliphatic carbocycles. The zero-order valence-corrected chi connectivity index (χ0v) is 12.7. The first-order valence-electron chi connectivity index (χ1n) is 5.01. The second-order valence-electron chi connectivity index (χ2n) is 3.71. The molecule has 0 saturated heterocycles. The Morgan fingerprint density at radius 1 is 1.24 bits per heavy atom. The normalized spacial score (nSPS) is 12.7. The number of benzene rings is 1. The van der Waals surface area contributed by atoms with E-state index in [1.807, 2.05) is 30.3 Å². The van der Waals surface area contributed by atoms with Crippen molar-refractivity contribution in [1.82, 2.24) is 0 Å². The Morgan fingerprint density at radius 2 is 1.88 bits per heavy atom. The summed E-state index contributed by atoms with van der Waals surface area (Å²) in [6, 6.07) is 9.68. The Bertz CT molecular complexity index is 490. The third-order valence-electron chi connectivity index (χ3n) is 2.40. The summed E-state index contributed by atoms with van der Waals surface area (Å²) in [5.41, 5.74) is 7.31. The molecule has 17 heavy (non-hydrogen) atoms. The highest BCUT2D eigenvalue weighted by molar-refractivity contribution is 9.10. The first-order valence-corrected chi connectivity index (χ1v) is 7.37. The van der Waals surface area contributed by atoms with Crippen LogP contribution >= 0.6 is 50.5 Å². The second kappa shape index (κ2) is 5.72. The summed E-state index contributed by atoms with van der Waals surface area (Å²) in [5.74, 6) is 0. The highest BCUT2D eigenvalue weighted by atomic mass is 79.9. The molecule has 0 bridgehead atoms. The largest absolute Gasteiger partial charge is 0.323 e. The number of rotatable bonds is 3. The van der Waals surface area contributed by atoms with Gasteiger partial charge in [-0.05, 0) is 46.1 Å². The predicted molar refractivity (Wildman–Crippen MR) is 79.1 cm³/mol. The van der Waals surface area contributed by atoms with Crippen LogP contribution in [0.1, 0.15) is 16.5 Å². The second-order valence-corrected chi connectivity index (χ2v) is 6.68. The number of nitrogens with two attached hydrogens (primary N) is 1. The fourth-order valence-corrected chi connectivity index (χ4v) is 3.38. The summed E-state index contributed by atoms with van der Waals surface area (Å²) >= 11 is 16.7. The van der Waals surface area contributed by atoms with Gasteiger partial charge in [0.15, 0.2) is 0 Å². The molecule has 1 aromatic carbocycles. The molecule has 0 saturated carbocycles. The molecular weight excluding hydrogens is 341 g/mol. The molecule has 0 spiro atoms. The average Bonchev–Trinajstić information content (AvgIpc) is 2.63. The van der Waals surface area contributed by atoms with Gasteiger partial charge in [-0.25, -0.2) is 0 Å². The highest BCUT2D eigenvalue weighted by Gasteiger charge is 2.12. The van der Waals surface area contributed by atoms with Gasteiger partial charge >= 0.3 is 0 Å². The number of hydrogen-bond donors (Lipinski definition) is 1. The van der Waals surface area contributed by atoms with Crippen LogP contribution in [0.5, 0.6) is 0 Å². The molecule has 0 fully saturated rings. The lowest BCUT2D eigenvalue weighted by Gasteiger charge is -2.09. The zero-order chi connectivity index (χ0) is 12.4. The van der Waals surface area contributed by atoms with Crippen LogP contribution in [-0.2, 0) is 6.42 Å². The highest BCUT2D eigenvalue weighted by Crippen LogP contribution is 2.35. The van der Waals surface area contributed by atoms with Crippen molar-refractivity contribution >= 4 is 50.5 Å². The molecule has 1 atom stereocenters. The van der Waals surface area contributed by atoms with Crippen LogP contribution in [0.2, 0.25) is 9.36 Å². The maximum atomic E-state index is 6.15. The van der Waals surface area contributed by atoms with Crippen molar-refractivity contribution in [3.8, 4) is 0 Å². The molecule has 1 nitrogen and oxygen atoms in total. The van der Waals surface area contributed by atoms with Gasteiger partial charge in [0.25, 0.3) is 0 Å². The maximum absolute atomic E-state index is 6.15. The van der Waals surface area contributed by atoms with E-state index in [-0.39, 0.29) is 6.04 Å². The third-order valence-corrected chi connectivity index (χ3v) is 5.26. The molecule has 2 aromatic rings. The molecular formula is C12H10BrCl2NS. The molecule has 1 aromatic heterocycles. The molecule has 1 heterocycles. The van der Waals surface area contributed by atoms with Gasteiger partial charge in [0.05, 0.1) is 0 Å². The van der Waals surface area contributed by atoms with Crippen LogP contribution in [0.4, 0.5) is 0 Å². The summed E-state index contributed by atoms with van der Waals surface area (Å²) in [5, 5.41) is 0.740. The smallest absolute Gasteiger partial charge is 0.107 e. The van der Waals surface area contributed by atoms with Crippen molar-refractivity contribution in [3.63, 3.8) is 0 Å². The molecule has 0 radical (unpaired) electrons. The Morgan fingerprint density at radius 3 is 2.41 bits per heavy atom. The van der Waals surface area contributed by atoms with Crippen molar-refractivity contribution in [2.24, 2.45) is 5.73 Å². The molecule has 90 valence electrons. The standard InChI is InChI=1S/C12H10BrCl2NS/c13-9-6-11(17-12(9)15)10(16)5-7-1-3-8(14)4-2-7/h1-4,6,10H,5,16H2. The molecule has 2 rings (SSSR count). The SMILES string of the molecule is NC(Cc1ccc(Cl)cc1)c1cc(Br)c(Cl)s1. The van der Waals surface area contributed by atoms with Crippen molar-refractivity contribution in [2.45, 2.75) is 12.5 Å². The van der Waals surface area contributed by atoms with E-state index in [1.54, 1.807) is 0 Å². The van der Waals surface area contributed by atoms with Crippen molar-refractivity contribution in [1.29, 1.82) is 0 Å². The summed E-state index contributed by atoms with van der Waals surface area (Å²) in [6.07, 6.45) is 0.778. The van der Waals surface area contributed by atoms with Crippen LogP contribution in [0, 0.1) is 0 Å². The van der Waals surface area contributed by atoms with E-state index < -0.39 is 0 Å². The van der Waals surface area contributed by atoms with E-state index in [2.05, 4.69) is 15.9 Å². The lowest BCUT2D eigenvalue weighted by Crippen LogP contribution is -2.11. The van der Waals surface area contributed by atoms with Crippen LogP contribution in [0.15, 0.2) is 34.8 Å². The van der Waals surface area contributed by atoms with Crippen molar-refractivity contribution in [2.75, 3.05) is 0 Å². The number of hydrogen-bond acceptors (Lipinski definition) is 2. The lowest BCUT2D eigenvalue weighted by atomic mass is 10.1. The van der Waals surface area contributed by atoms with E-state index in [0.29, 0.717) is 0 Å². The number of thiophene rings is 1. The van der Waals surface area contributed by atoms with Crippen LogP contribution in [-0.4, -0.2) is 0 Å². The van der Waals surface area contributed by atoms with Gasteiger partial charge in [0, 0.05) is 20.4 Å². The van der Waals surface area contributed by atoms with Gasteiger partial charge in [-0.2, -0.15) is 0 Å². The third kappa shape index (κ3) is 3.46. The molecule has 2 N–H and O–H groups in total. The van der Waals surface area contributed by atoms with Crippen molar-refractivity contribution < 1.29 is 0 Å². The Labute approximate surface area is 123 Å². The van der Waals surface area contributed by atoms with E-state index in [0.717, 1.165) is 25.1 Å². The minimum atomic E-state index is -0.0371. The Balaban J connectivity index is 2.11. The van der Waals surface area contributed by atoms with Gasteiger partial charge in [0.1, 0.15) is 4.34 Å². The monoisotopic (exact) mass is 349 g/mol. The lowest BCUT2D eigenvalue weighted by molar-refractivity contribution is 0.736. The van der Waals surface area contributed by atoms with Crippen LogP contribution < -0.4 is 5.73 Å². The first-order chi connectivity index (χ1) is 8.06. The van der Waals surface area contributed by atoms with E-state index in [9.17, 15) is 0 Å². The van der Waals surface area contributed by atoms with Gasteiger partial charge in [-0.3, -0.25) is 0 Å². The molecule has 0 aliphatic heterocycles. The van der Waals surface area contributed by atoms with E-state index in [1.165, 1.54) is 16.9 Å². The molecule has 1 unspecified atom stereocenters. The maximum Gasteiger partial charge on any atom is 0.107 e. The summed E-state index contributed by atoms with van der Waals surface area (Å²) in [4.78, 5) is 1.08. The van der Waals surface area contributed by atoms with Crippen LogP contribution in [0.25, 0.3) is 0 Å². The minimum absolute atomic E-state index is 0.0371. The summed E-state index contributed by atoms with van der Waals surface area (Å²) in [6.45, 7) is 0. The van der Waals surface area contributed by atoms with E-state index >= 15 is 0 Å². The quantitative estimate of drug-likeness (QED) is 0.822. The van der Waals surface area contributed by atoms with Crippen molar-refractivity contribution in [3.05, 3.63) is 54.6 Å². The fraction of sp³-hybridized carbons (Fsp3) is 0.167. The van der Waals surface area contributed by atoms with Crippen LogP contribution in [0.3, 0.4) is 0 Å². The van der Waals surface area contributed by atoms with Gasteiger partial charge in [-0.1, -0.05) is 35.3 Å². The summed E-state index contributed by atoms with van der Waals surface area (Å²) < 4.78 is 1.65. The molecule has 0 amide bonds. The summed E-state index contributed by atoms with van der Waals surface area (Å²) in [7, 11) is 0.